The summed E-state index contributed by atoms with van der Waals surface area (Å²) < 4.78 is 0. The molecule has 0 saturated heterocycles. The van der Waals surface area contributed by atoms with Crippen LogP contribution in [0.25, 0.3) is 21.9 Å². The second-order valence-electron chi connectivity index (χ2n) is 6.11. The molecule has 0 amide bonds. The van der Waals surface area contributed by atoms with Gasteiger partial charge in [0.05, 0.1) is 11.4 Å². The van der Waals surface area contributed by atoms with E-state index in [1.54, 1.807) is 0 Å². The van der Waals surface area contributed by atoms with Crippen LogP contribution in [-0.4, -0.2) is 20.1 Å². The molecule has 0 atom stereocenters. The van der Waals surface area contributed by atoms with Gasteiger partial charge in [0.15, 0.2) is 0 Å². The number of anilines is 2. The molecule has 4 rings (SSSR count). The third-order valence-electron chi connectivity index (χ3n) is 4.53. The lowest BCUT2D eigenvalue weighted by Crippen LogP contribution is -2.17. The number of hydrogen-bond donors (Lipinski definition) is 1. The molecule has 1 heterocycles. The zero-order valence-electron chi connectivity index (χ0n) is 13.1. The van der Waals surface area contributed by atoms with Crippen molar-refractivity contribution in [2.75, 3.05) is 30.4 Å². The first-order valence-corrected chi connectivity index (χ1v) is 8.38. The summed E-state index contributed by atoms with van der Waals surface area (Å²) in [6.07, 6.45) is 1.15. The number of nitrogens with one attached hydrogen (secondary N) is 1. The largest absolute Gasteiger partial charge is 0.383 e. The molecular weight excluding hydrogens is 304 g/mol. The zero-order valence-corrected chi connectivity index (χ0v) is 13.9. The summed E-state index contributed by atoms with van der Waals surface area (Å²) in [5, 5.41) is 6.71. The van der Waals surface area contributed by atoms with Crippen molar-refractivity contribution in [2.24, 2.45) is 0 Å². The summed E-state index contributed by atoms with van der Waals surface area (Å²) in [4.78, 5) is 2.32. The average Bonchev–Trinajstić information content (AvgIpc) is 2.75. The molecule has 23 heavy (non-hydrogen) atoms. The van der Waals surface area contributed by atoms with Crippen LogP contribution in [0.2, 0.25) is 5.02 Å². The van der Waals surface area contributed by atoms with E-state index in [4.69, 9.17) is 11.6 Å². The van der Waals surface area contributed by atoms with Crippen LogP contribution in [0.5, 0.6) is 0 Å². The van der Waals surface area contributed by atoms with Gasteiger partial charge in [-0.1, -0.05) is 41.9 Å². The van der Waals surface area contributed by atoms with E-state index in [0.29, 0.717) is 0 Å². The monoisotopic (exact) mass is 322 g/mol. The molecule has 1 N–H and O–H groups in total. The van der Waals surface area contributed by atoms with Crippen molar-refractivity contribution in [1.29, 1.82) is 0 Å². The Hall–Kier alpha value is -2.19. The highest BCUT2D eigenvalue weighted by atomic mass is 35.5. The maximum atomic E-state index is 6.35. The van der Waals surface area contributed by atoms with Gasteiger partial charge in [-0.05, 0) is 52.6 Å². The van der Waals surface area contributed by atoms with Crippen molar-refractivity contribution in [1.82, 2.24) is 0 Å². The third-order valence-corrected chi connectivity index (χ3v) is 4.75. The molecule has 1 aliphatic rings. The molecule has 0 aromatic heterocycles. The van der Waals surface area contributed by atoms with Gasteiger partial charge in [0.25, 0.3) is 0 Å². The molecule has 1 aliphatic heterocycles. The van der Waals surface area contributed by atoms with Gasteiger partial charge in [0, 0.05) is 25.2 Å². The summed E-state index contributed by atoms with van der Waals surface area (Å²) >= 11 is 6.35. The maximum Gasteiger partial charge on any atom is 0.0605 e. The Morgan fingerprint density at radius 1 is 1.04 bits per heavy atom. The fourth-order valence-electron chi connectivity index (χ4n) is 3.34. The summed E-state index contributed by atoms with van der Waals surface area (Å²) in [7, 11) is 2.16. The number of benzene rings is 3. The van der Waals surface area contributed by atoms with Crippen molar-refractivity contribution in [3.63, 3.8) is 0 Å². The number of hydrogen-bond acceptors (Lipinski definition) is 2. The van der Waals surface area contributed by atoms with Crippen LogP contribution in [0, 0.1) is 0 Å². The highest BCUT2D eigenvalue weighted by molar-refractivity contribution is 6.32. The van der Waals surface area contributed by atoms with Gasteiger partial charge in [-0.3, -0.25) is 0 Å². The van der Waals surface area contributed by atoms with Gasteiger partial charge in [-0.25, -0.2) is 0 Å². The Morgan fingerprint density at radius 3 is 2.83 bits per heavy atom. The quantitative estimate of drug-likeness (QED) is 0.644. The van der Waals surface area contributed by atoms with Crippen LogP contribution in [0.4, 0.5) is 11.4 Å². The van der Waals surface area contributed by atoms with Crippen LogP contribution >= 0.6 is 11.6 Å². The molecule has 116 valence electrons. The molecule has 0 saturated carbocycles. The van der Waals surface area contributed by atoms with Crippen molar-refractivity contribution in [2.45, 2.75) is 6.42 Å². The Balaban J connectivity index is 1.92. The first-order chi connectivity index (χ1) is 11.2. The Morgan fingerprint density at radius 2 is 1.91 bits per heavy atom. The third kappa shape index (κ3) is 2.64. The van der Waals surface area contributed by atoms with Crippen LogP contribution in [0.3, 0.4) is 0 Å². The molecule has 3 heteroatoms. The normalized spacial score (nSPS) is 14.3. The second-order valence-corrected chi connectivity index (χ2v) is 6.54. The lowest BCUT2D eigenvalue weighted by molar-refractivity contribution is 0.837. The molecule has 0 spiro atoms. The first-order valence-electron chi connectivity index (χ1n) is 8.00. The first kappa shape index (κ1) is 14.4. The van der Waals surface area contributed by atoms with Gasteiger partial charge < -0.3 is 10.2 Å². The summed E-state index contributed by atoms with van der Waals surface area (Å²) in [5.41, 5.74) is 4.86. The Kier molecular flexibility index (Phi) is 3.62. The topological polar surface area (TPSA) is 15.3 Å². The minimum Gasteiger partial charge on any atom is -0.383 e. The fourth-order valence-corrected chi connectivity index (χ4v) is 3.56. The molecule has 0 aliphatic carbocycles. The molecule has 3 aromatic rings. The fraction of sp³-hybridized carbons (Fsp3) is 0.200. The molecule has 0 radical (unpaired) electrons. The van der Waals surface area contributed by atoms with Crippen molar-refractivity contribution >= 4 is 33.7 Å². The zero-order chi connectivity index (χ0) is 15.8. The molecule has 0 fully saturated rings. The summed E-state index contributed by atoms with van der Waals surface area (Å²) in [5.74, 6) is 0. The molecule has 0 bridgehead atoms. The molecule has 2 nitrogen and oxygen atoms in total. The van der Waals surface area contributed by atoms with Crippen LogP contribution in [0.1, 0.15) is 6.42 Å². The lowest BCUT2D eigenvalue weighted by Gasteiger charge is -2.20. The predicted octanol–water partition coefficient (Wildman–Crippen LogP) is 5.41. The van der Waals surface area contributed by atoms with Gasteiger partial charge in [0.1, 0.15) is 0 Å². The second kappa shape index (κ2) is 5.78. The van der Waals surface area contributed by atoms with Gasteiger partial charge in [-0.2, -0.15) is 0 Å². The Bertz CT molecular complexity index is 873. The van der Waals surface area contributed by atoms with E-state index >= 15 is 0 Å². The molecule has 0 unspecified atom stereocenters. The minimum absolute atomic E-state index is 0.778. The summed E-state index contributed by atoms with van der Waals surface area (Å²) in [6, 6.07) is 19.1. The number of nitrogens with zero attached hydrogens (tertiary/aromatic N) is 1. The van der Waals surface area contributed by atoms with Crippen LogP contribution < -0.4 is 10.2 Å². The highest BCUT2D eigenvalue weighted by Crippen LogP contribution is 2.37. The Labute approximate surface area is 141 Å². The van der Waals surface area contributed by atoms with E-state index in [-0.39, 0.29) is 0 Å². The summed E-state index contributed by atoms with van der Waals surface area (Å²) in [6.45, 7) is 2.09. The van der Waals surface area contributed by atoms with Crippen molar-refractivity contribution in [3.05, 3.63) is 59.6 Å². The smallest absolute Gasteiger partial charge is 0.0605 e. The maximum absolute atomic E-state index is 6.35. The van der Waals surface area contributed by atoms with E-state index in [0.717, 1.165) is 24.5 Å². The van der Waals surface area contributed by atoms with Crippen molar-refractivity contribution < 1.29 is 0 Å². The molecule has 3 aromatic carbocycles. The van der Waals surface area contributed by atoms with Crippen LogP contribution in [-0.2, 0) is 0 Å². The number of fused-ring (bicyclic) bond motifs is 2. The molecular formula is C20H19ClN2. The number of rotatable bonds is 1. The van der Waals surface area contributed by atoms with Crippen LogP contribution in [0.15, 0.2) is 54.6 Å². The standard InChI is InChI=1S/C20H19ClN2/c1-23-10-4-9-22-19-8-7-15(12-20(19)23)18-13-16(21)11-14-5-2-3-6-17(14)18/h2-3,5-8,11-13,22H,4,9-10H2,1H3. The highest BCUT2D eigenvalue weighted by Gasteiger charge is 2.14. The van der Waals surface area contributed by atoms with E-state index in [2.05, 4.69) is 65.8 Å². The van der Waals surface area contributed by atoms with E-state index < -0.39 is 0 Å². The SMILES string of the molecule is CN1CCCNc2ccc(-c3cc(Cl)cc4ccccc34)cc21. The van der Waals surface area contributed by atoms with Gasteiger partial charge >= 0.3 is 0 Å². The van der Waals surface area contributed by atoms with E-state index in [9.17, 15) is 0 Å². The van der Waals surface area contributed by atoms with E-state index in [1.165, 1.54) is 33.3 Å². The van der Waals surface area contributed by atoms with Gasteiger partial charge in [-0.15, -0.1) is 0 Å². The minimum atomic E-state index is 0.778. The van der Waals surface area contributed by atoms with Crippen molar-refractivity contribution in [3.8, 4) is 11.1 Å². The lowest BCUT2D eigenvalue weighted by atomic mass is 9.97. The predicted molar refractivity (Wildman–Crippen MR) is 101 cm³/mol. The van der Waals surface area contributed by atoms with E-state index in [1.807, 2.05) is 6.07 Å². The number of halogens is 1. The average molecular weight is 323 g/mol. The van der Waals surface area contributed by atoms with Gasteiger partial charge in [0.2, 0.25) is 0 Å².